The highest BCUT2D eigenvalue weighted by Crippen LogP contribution is 2.20. The maximum Gasteiger partial charge on any atom is 0.276 e. The number of halogens is 1. The van der Waals surface area contributed by atoms with Crippen molar-refractivity contribution in [1.29, 1.82) is 0 Å². The van der Waals surface area contributed by atoms with Gasteiger partial charge in [-0.2, -0.15) is 5.10 Å². The minimum absolute atomic E-state index is 0.264. The number of hydrogen-bond acceptors (Lipinski definition) is 3. The molecule has 2 heterocycles. The number of pyridine rings is 1. The van der Waals surface area contributed by atoms with E-state index in [1.807, 2.05) is 6.92 Å². The van der Waals surface area contributed by atoms with E-state index in [1.165, 1.54) is 0 Å². The molecule has 0 unspecified atom stereocenters. The van der Waals surface area contributed by atoms with Crippen molar-refractivity contribution >= 4 is 23.2 Å². The third-order valence-electron chi connectivity index (χ3n) is 2.17. The number of nitrogens with zero attached hydrogens (tertiary/aromatic N) is 3. The first-order chi connectivity index (χ1) is 8.06. The molecule has 5 nitrogen and oxygen atoms in total. The predicted molar refractivity (Wildman–Crippen MR) is 65.1 cm³/mol. The first kappa shape index (κ1) is 11.6. The van der Waals surface area contributed by atoms with Gasteiger partial charge in [-0.3, -0.25) is 9.48 Å². The Bertz CT molecular complexity index is 564. The SMILES string of the molecule is Cc1cnc(Cl)c(NC(=O)c2ccn(C)n2)c1. The largest absolute Gasteiger partial charge is 0.318 e. The van der Waals surface area contributed by atoms with E-state index in [1.54, 1.807) is 36.3 Å². The fourth-order valence-electron chi connectivity index (χ4n) is 1.36. The lowest BCUT2D eigenvalue weighted by molar-refractivity contribution is 0.102. The van der Waals surface area contributed by atoms with Crippen molar-refractivity contribution in [1.82, 2.24) is 14.8 Å². The Morgan fingerprint density at radius 2 is 2.29 bits per heavy atom. The molecule has 2 aromatic rings. The van der Waals surface area contributed by atoms with Crippen LogP contribution in [-0.4, -0.2) is 20.7 Å². The Hall–Kier alpha value is -1.88. The zero-order valence-electron chi connectivity index (χ0n) is 9.44. The van der Waals surface area contributed by atoms with Crippen LogP contribution in [-0.2, 0) is 7.05 Å². The van der Waals surface area contributed by atoms with Gasteiger partial charge in [-0.05, 0) is 24.6 Å². The highest BCUT2D eigenvalue weighted by molar-refractivity contribution is 6.32. The molecule has 6 heteroatoms. The van der Waals surface area contributed by atoms with E-state index < -0.39 is 0 Å². The molecule has 0 radical (unpaired) electrons. The molecular weight excluding hydrogens is 240 g/mol. The van der Waals surface area contributed by atoms with Crippen molar-refractivity contribution in [3.05, 3.63) is 40.9 Å². The van der Waals surface area contributed by atoms with Crippen LogP contribution >= 0.6 is 11.6 Å². The molecule has 0 aliphatic rings. The van der Waals surface area contributed by atoms with E-state index >= 15 is 0 Å². The number of carbonyl (C=O) groups excluding carboxylic acids is 1. The first-order valence-electron chi connectivity index (χ1n) is 4.99. The summed E-state index contributed by atoms with van der Waals surface area (Å²) in [5, 5.41) is 6.94. The number of anilines is 1. The molecule has 0 aliphatic carbocycles. The normalized spacial score (nSPS) is 10.3. The Morgan fingerprint density at radius 3 is 2.94 bits per heavy atom. The third kappa shape index (κ3) is 2.62. The number of aromatic nitrogens is 3. The molecule has 2 aromatic heterocycles. The molecule has 0 aromatic carbocycles. The number of carbonyl (C=O) groups is 1. The smallest absolute Gasteiger partial charge is 0.276 e. The number of hydrogen-bond donors (Lipinski definition) is 1. The van der Waals surface area contributed by atoms with Gasteiger partial charge in [0.05, 0.1) is 5.69 Å². The van der Waals surface area contributed by atoms with Crippen LogP contribution in [0.25, 0.3) is 0 Å². The average molecular weight is 251 g/mol. The van der Waals surface area contributed by atoms with Gasteiger partial charge in [-0.15, -0.1) is 0 Å². The Kier molecular flexibility index (Phi) is 3.10. The predicted octanol–water partition coefficient (Wildman–Crippen LogP) is 2.03. The Balaban J connectivity index is 2.21. The van der Waals surface area contributed by atoms with Gasteiger partial charge in [0.2, 0.25) is 0 Å². The van der Waals surface area contributed by atoms with Gasteiger partial charge in [-0.25, -0.2) is 4.98 Å². The highest BCUT2D eigenvalue weighted by Gasteiger charge is 2.11. The molecule has 0 saturated heterocycles. The van der Waals surface area contributed by atoms with Gasteiger partial charge < -0.3 is 5.32 Å². The molecule has 0 bridgehead atoms. The minimum Gasteiger partial charge on any atom is -0.318 e. The lowest BCUT2D eigenvalue weighted by atomic mass is 10.3. The van der Waals surface area contributed by atoms with Crippen molar-refractivity contribution < 1.29 is 4.79 Å². The molecule has 0 saturated carbocycles. The molecule has 0 spiro atoms. The third-order valence-corrected chi connectivity index (χ3v) is 2.47. The van der Waals surface area contributed by atoms with Crippen LogP contribution in [0.15, 0.2) is 24.5 Å². The molecule has 88 valence electrons. The number of aryl methyl sites for hydroxylation is 2. The van der Waals surface area contributed by atoms with Crippen LogP contribution in [0.5, 0.6) is 0 Å². The summed E-state index contributed by atoms with van der Waals surface area (Å²) >= 11 is 5.88. The van der Waals surface area contributed by atoms with Crippen molar-refractivity contribution in [2.75, 3.05) is 5.32 Å². The molecule has 1 amide bonds. The Labute approximate surface area is 103 Å². The van der Waals surface area contributed by atoms with Gasteiger partial charge in [0.15, 0.2) is 10.8 Å². The van der Waals surface area contributed by atoms with Crippen molar-refractivity contribution in [3.8, 4) is 0 Å². The van der Waals surface area contributed by atoms with Gasteiger partial charge in [-0.1, -0.05) is 11.6 Å². The second kappa shape index (κ2) is 4.55. The van der Waals surface area contributed by atoms with Crippen molar-refractivity contribution in [2.45, 2.75) is 6.92 Å². The quantitative estimate of drug-likeness (QED) is 0.830. The van der Waals surface area contributed by atoms with Crippen LogP contribution in [0, 0.1) is 6.92 Å². The summed E-state index contributed by atoms with van der Waals surface area (Å²) in [5.41, 5.74) is 1.75. The summed E-state index contributed by atoms with van der Waals surface area (Å²) in [6.07, 6.45) is 3.34. The van der Waals surface area contributed by atoms with Crippen LogP contribution in [0.3, 0.4) is 0 Å². The second-order valence-electron chi connectivity index (χ2n) is 3.68. The van der Waals surface area contributed by atoms with Gasteiger partial charge in [0.25, 0.3) is 5.91 Å². The molecule has 0 atom stereocenters. The van der Waals surface area contributed by atoms with Gasteiger partial charge in [0.1, 0.15) is 0 Å². The van der Waals surface area contributed by atoms with Crippen LogP contribution in [0.2, 0.25) is 5.15 Å². The van der Waals surface area contributed by atoms with Crippen molar-refractivity contribution in [2.24, 2.45) is 7.05 Å². The number of amides is 1. The summed E-state index contributed by atoms with van der Waals surface area (Å²) in [6.45, 7) is 1.87. The Morgan fingerprint density at radius 1 is 1.53 bits per heavy atom. The van der Waals surface area contributed by atoms with Gasteiger partial charge >= 0.3 is 0 Å². The highest BCUT2D eigenvalue weighted by atomic mass is 35.5. The van der Waals surface area contributed by atoms with Crippen LogP contribution < -0.4 is 5.32 Å². The molecule has 0 fully saturated rings. The topological polar surface area (TPSA) is 59.8 Å². The maximum atomic E-state index is 11.8. The second-order valence-corrected chi connectivity index (χ2v) is 4.04. The van der Waals surface area contributed by atoms with E-state index in [0.29, 0.717) is 11.4 Å². The lowest BCUT2D eigenvalue weighted by Gasteiger charge is -2.05. The molecule has 2 rings (SSSR count). The van der Waals surface area contributed by atoms with Crippen LogP contribution in [0.1, 0.15) is 16.1 Å². The average Bonchev–Trinajstić information content (AvgIpc) is 2.70. The fourth-order valence-corrected chi connectivity index (χ4v) is 1.51. The van der Waals surface area contributed by atoms with Crippen LogP contribution in [0.4, 0.5) is 5.69 Å². The van der Waals surface area contributed by atoms with E-state index in [-0.39, 0.29) is 11.1 Å². The fraction of sp³-hybridized carbons (Fsp3) is 0.182. The summed E-state index contributed by atoms with van der Waals surface area (Å²) < 4.78 is 1.56. The molecular formula is C11H11ClN4O. The van der Waals surface area contributed by atoms with E-state index in [9.17, 15) is 4.79 Å². The summed E-state index contributed by atoms with van der Waals surface area (Å²) in [5.74, 6) is -0.306. The maximum absolute atomic E-state index is 11.8. The summed E-state index contributed by atoms with van der Waals surface area (Å²) in [6, 6.07) is 3.39. The summed E-state index contributed by atoms with van der Waals surface area (Å²) in [4.78, 5) is 15.8. The zero-order valence-corrected chi connectivity index (χ0v) is 10.2. The number of rotatable bonds is 2. The van der Waals surface area contributed by atoms with E-state index in [4.69, 9.17) is 11.6 Å². The minimum atomic E-state index is -0.306. The number of nitrogens with one attached hydrogen (secondary N) is 1. The monoisotopic (exact) mass is 250 g/mol. The lowest BCUT2D eigenvalue weighted by Crippen LogP contribution is -2.13. The van der Waals surface area contributed by atoms with E-state index in [0.717, 1.165) is 5.56 Å². The van der Waals surface area contributed by atoms with Crippen molar-refractivity contribution in [3.63, 3.8) is 0 Å². The van der Waals surface area contributed by atoms with Gasteiger partial charge in [0, 0.05) is 19.4 Å². The van der Waals surface area contributed by atoms with E-state index in [2.05, 4.69) is 15.4 Å². The first-order valence-corrected chi connectivity index (χ1v) is 5.37. The standard InChI is InChI=1S/C11H11ClN4O/c1-7-5-9(10(12)13-6-7)14-11(17)8-3-4-16(2)15-8/h3-6H,1-2H3,(H,14,17). The molecule has 1 N–H and O–H groups in total. The zero-order chi connectivity index (χ0) is 12.4. The summed E-state index contributed by atoms with van der Waals surface area (Å²) in [7, 11) is 1.75. The molecule has 0 aliphatic heterocycles. The molecule has 17 heavy (non-hydrogen) atoms.